The lowest BCUT2D eigenvalue weighted by molar-refractivity contribution is 0.0693. The van der Waals surface area contributed by atoms with Crippen LogP contribution in [-0.4, -0.2) is 48.6 Å². The molecule has 0 saturated heterocycles. The van der Waals surface area contributed by atoms with Crippen LogP contribution in [0.2, 0.25) is 0 Å². The molecule has 178 valence electrons. The number of amides is 1. The first kappa shape index (κ1) is 22.5. The Morgan fingerprint density at radius 2 is 1.69 bits per heavy atom. The Hall–Kier alpha value is -4.33. The third-order valence-electron chi connectivity index (χ3n) is 6.44. The topological polar surface area (TPSA) is 93.8 Å². The van der Waals surface area contributed by atoms with Crippen LogP contribution < -0.4 is 19.8 Å². The Morgan fingerprint density at radius 1 is 0.943 bits per heavy atom. The van der Waals surface area contributed by atoms with Gasteiger partial charge in [0.05, 0.1) is 27.4 Å². The van der Waals surface area contributed by atoms with Crippen molar-refractivity contribution in [3.05, 3.63) is 93.5 Å². The molecule has 4 aromatic rings. The van der Waals surface area contributed by atoms with Gasteiger partial charge in [0.2, 0.25) is 0 Å². The lowest BCUT2D eigenvalue weighted by atomic mass is 9.87. The van der Waals surface area contributed by atoms with Crippen LogP contribution in [0.15, 0.2) is 65.7 Å². The first-order valence-electron chi connectivity index (χ1n) is 11.2. The molecule has 3 heterocycles. The molecule has 35 heavy (non-hydrogen) atoms. The second-order valence-electron chi connectivity index (χ2n) is 8.30. The second-order valence-corrected chi connectivity index (χ2v) is 8.30. The fourth-order valence-electron chi connectivity index (χ4n) is 4.69. The number of fused-ring (bicyclic) bond motifs is 2. The van der Waals surface area contributed by atoms with Crippen LogP contribution >= 0.6 is 0 Å². The molecule has 1 N–H and O–H groups in total. The van der Waals surface area contributed by atoms with E-state index in [0.29, 0.717) is 46.9 Å². The summed E-state index contributed by atoms with van der Waals surface area (Å²) in [6, 6.07) is 13.8. The molecule has 1 atom stereocenters. The number of hydrogen-bond acceptors (Lipinski definition) is 6. The summed E-state index contributed by atoms with van der Waals surface area (Å²) in [5.41, 5.74) is 3.22. The van der Waals surface area contributed by atoms with Gasteiger partial charge < -0.3 is 24.1 Å². The second kappa shape index (κ2) is 9.13. The summed E-state index contributed by atoms with van der Waals surface area (Å²) in [7, 11) is 4.75. The van der Waals surface area contributed by atoms with Gasteiger partial charge in [0, 0.05) is 41.0 Å². The van der Waals surface area contributed by atoms with Crippen molar-refractivity contribution in [3.8, 4) is 17.2 Å². The Kier molecular flexibility index (Phi) is 5.86. The van der Waals surface area contributed by atoms with Crippen LogP contribution in [0.3, 0.4) is 0 Å². The molecule has 5 rings (SSSR count). The summed E-state index contributed by atoms with van der Waals surface area (Å²) in [5, 5.41) is 0.808. The standard InChI is InChI=1S/C27H25N3O5/c1-33-19-4-5-22-18(12-19)13-21(26(31)29-22)25-20-15-24(35-3)23(34-2)14-17(20)8-11-30(25)27(32)16-6-9-28-10-7-16/h4-7,9-10,12-15,25H,8,11H2,1-3H3,(H,29,31)/t25-/m1/s1. The molecule has 1 amide bonds. The largest absolute Gasteiger partial charge is 0.497 e. The van der Waals surface area contributed by atoms with Crippen molar-refractivity contribution in [1.29, 1.82) is 0 Å². The zero-order valence-corrected chi connectivity index (χ0v) is 19.7. The van der Waals surface area contributed by atoms with Crippen LogP contribution in [-0.2, 0) is 6.42 Å². The number of hydrogen-bond donors (Lipinski definition) is 1. The normalized spacial score (nSPS) is 14.9. The fraction of sp³-hybridized carbons (Fsp3) is 0.222. The predicted molar refractivity (Wildman–Crippen MR) is 131 cm³/mol. The summed E-state index contributed by atoms with van der Waals surface area (Å²) >= 11 is 0. The van der Waals surface area contributed by atoms with Gasteiger partial charge >= 0.3 is 0 Å². The van der Waals surface area contributed by atoms with E-state index < -0.39 is 6.04 Å². The lowest BCUT2D eigenvalue weighted by Gasteiger charge is -2.38. The Labute approximate surface area is 202 Å². The summed E-state index contributed by atoms with van der Waals surface area (Å²) in [6.45, 7) is 0.434. The van der Waals surface area contributed by atoms with Gasteiger partial charge in [-0.1, -0.05) is 0 Å². The van der Waals surface area contributed by atoms with Crippen molar-refractivity contribution in [3.63, 3.8) is 0 Å². The molecule has 0 aliphatic carbocycles. The fourth-order valence-corrected chi connectivity index (χ4v) is 4.69. The van der Waals surface area contributed by atoms with Crippen molar-refractivity contribution in [1.82, 2.24) is 14.9 Å². The van der Waals surface area contributed by atoms with E-state index in [2.05, 4.69) is 9.97 Å². The highest BCUT2D eigenvalue weighted by Crippen LogP contribution is 2.41. The van der Waals surface area contributed by atoms with E-state index in [-0.39, 0.29) is 11.5 Å². The molecule has 8 nitrogen and oxygen atoms in total. The van der Waals surface area contributed by atoms with Gasteiger partial charge in [-0.3, -0.25) is 14.6 Å². The number of H-pyrrole nitrogens is 1. The zero-order chi connectivity index (χ0) is 24.5. The molecule has 0 spiro atoms. The maximum absolute atomic E-state index is 13.7. The van der Waals surface area contributed by atoms with Crippen molar-refractivity contribution >= 4 is 16.8 Å². The minimum absolute atomic E-state index is 0.178. The highest BCUT2D eigenvalue weighted by Gasteiger charge is 2.35. The molecular weight excluding hydrogens is 446 g/mol. The van der Waals surface area contributed by atoms with Crippen molar-refractivity contribution in [2.75, 3.05) is 27.9 Å². The third-order valence-corrected chi connectivity index (χ3v) is 6.44. The van der Waals surface area contributed by atoms with E-state index in [1.807, 2.05) is 30.3 Å². The zero-order valence-electron chi connectivity index (χ0n) is 19.7. The number of aromatic amines is 1. The molecule has 0 radical (unpaired) electrons. The monoisotopic (exact) mass is 471 g/mol. The van der Waals surface area contributed by atoms with Gasteiger partial charge in [-0.05, 0) is 66.1 Å². The first-order valence-corrected chi connectivity index (χ1v) is 11.2. The first-order chi connectivity index (χ1) is 17.0. The highest BCUT2D eigenvalue weighted by molar-refractivity contribution is 5.95. The van der Waals surface area contributed by atoms with E-state index in [1.54, 1.807) is 56.8 Å². The number of rotatable bonds is 5. The average molecular weight is 472 g/mol. The highest BCUT2D eigenvalue weighted by atomic mass is 16.5. The number of benzene rings is 2. The van der Waals surface area contributed by atoms with Gasteiger partial charge in [-0.15, -0.1) is 0 Å². The molecule has 0 fully saturated rings. The molecule has 2 aromatic heterocycles. The maximum atomic E-state index is 13.7. The number of methoxy groups -OCH3 is 3. The van der Waals surface area contributed by atoms with Crippen LogP contribution in [0.5, 0.6) is 17.2 Å². The van der Waals surface area contributed by atoms with Crippen LogP contribution in [0.1, 0.15) is 33.1 Å². The summed E-state index contributed by atoms with van der Waals surface area (Å²) < 4.78 is 16.4. The van der Waals surface area contributed by atoms with E-state index in [9.17, 15) is 9.59 Å². The Balaban J connectivity index is 1.74. The molecule has 2 aromatic carbocycles. The average Bonchev–Trinajstić information content (AvgIpc) is 2.91. The number of pyridine rings is 2. The maximum Gasteiger partial charge on any atom is 0.254 e. The molecule has 0 unspecified atom stereocenters. The smallest absolute Gasteiger partial charge is 0.254 e. The van der Waals surface area contributed by atoms with E-state index >= 15 is 0 Å². The number of carbonyl (C=O) groups is 1. The number of carbonyl (C=O) groups excluding carboxylic acids is 1. The predicted octanol–water partition coefficient (Wildman–Crippen LogP) is 3.74. The Morgan fingerprint density at radius 3 is 2.40 bits per heavy atom. The Bertz CT molecular complexity index is 1470. The SMILES string of the molecule is COc1ccc2[nH]c(=O)c([C@H]3c4cc(OC)c(OC)cc4CCN3C(=O)c3ccncc3)cc2c1. The van der Waals surface area contributed by atoms with Crippen molar-refractivity contribution in [2.24, 2.45) is 0 Å². The van der Waals surface area contributed by atoms with Crippen molar-refractivity contribution in [2.45, 2.75) is 12.5 Å². The van der Waals surface area contributed by atoms with Crippen LogP contribution in [0.25, 0.3) is 10.9 Å². The van der Waals surface area contributed by atoms with E-state index in [1.165, 1.54) is 0 Å². The van der Waals surface area contributed by atoms with E-state index in [4.69, 9.17) is 14.2 Å². The number of nitrogens with zero attached hydrogens (tertiary/aromatic N) is 2. The molecule has 0 bridgehead atoms. The molecular formula is C27H25N3O5. The number of ether oxygens (including phenoxy) is 3. The minimum atomic E-state index is -0.626. The third kappa shape index (κ3) is 3.97. The van der Waals surface area contributed by atoms with Gasteiger partial charge in [0.25, 0.3) is 11.5 Å². The molecule has 1 aliphatic rings. The number of aromatic nitrogens is 2. The lowest BCUT2D eigenvalue weighted by Crippen LogP contribution is -2.42. The van der Waals surface area contributed by atoms with Crippen molar-refractivity contribution < 1.29 is 19.0 Å². The van der Waals surface area contributed by atoms with Gasteiger partial charge in [-0.25, -0.2) is 0 Å². The summed E-state index contributed by atoms with van der Waals surface area (Å²) in [6.07, 6.45) is 3.79. The quantitative estimate of drug-likeness (QED) is 0.477. The number of nitrogens with one attached hydrogen (secondary N) is 1. The molecule has 8 heteroatoms. The molecule has 0 saturated carbocycles. The summed E-state index contributed by atoms with van der Waals surface area (Å²) in [4.78, 5) is 35.8. The van der Waals surface area contributed by atoms with Crippen LogP contribution in [0.4, 0.5) is 0 Å². The van der Waals surface area contributed by atoms with Gasteiger partial charge in [0.15, 0.2) is 11.5 Å². The minimum Gasteiger partial charge on any atom is -0.497 e. The summed E-state index contributed by atoms with van der Waals surface area (Å²) in [5.74, 6) is 1.64. The van der Waals surface area contributed by atoms with Crippen LogP contribution in [0, 0.1) is 0 Å². The van der Waals surface area contributed by atoms with Gasteiger partial charge in [-0.2, -0.15) is 0 Å². The van der Waals surface area contributed by atoms with Gasteiger partial charge in [0.1, 0.15) is 5.75 Å². The van der Waals surface area contributed by atoms with E-state index in [0.717, 1.165) is 16.5 Å². The molecule has 1 aliphatic heterocycles.